The minimum absolute atomic E-state index is 0.176. The van der Waals surface area contributed by atoms with E-state index in [0.717, 1.165) is 11.3 Å². The summed E-state index contributed by atoms with van der Waals surface area (Å²) in [5.41, 5.74) is 2.89. The molecule has 8 nitrogen and oxygen atoms in total. The van der Waals surface area contributed by atoms with Crippen molar-refractivity contribution in [2.75, 3.05) is 0 Å². The van der Waals surface area contributed by atoms with Crippen LogP contribution in [0.25, 0.3) is 22.7 Å². The molecule has 1 aromatic carbocycles. The van der Waals surface area contributed by atoms with Gasteiger partial charge in [0, 0.05) is 23.9 Å². The van der Waals surface area contributed by atoms with Gasteiger partial charge in [0.05, 0.1) is 29.1 Å². The van der Waals surface area contributed by atoms with Crippen LogP contribution in [0.3, 0.4) is 0 Å². The monoisotopic (exact) mass is 420 g/mol. The van der Waals surface area contributed by atoms with E-state index in [1.807, 2.05) is 25.3 Å². The van der Waals surface area contributed by atoms with Crippen LogP contribution in [-0.4, -0.2) is 31.9 Å². The van der Waals surface area contributed by atoms with Gasteiger partial charge in [-0.15, -0.1) is 0 Å². The molecule has 4 aromatic rings. The number of carbonyl (C=O) groups is 1. The highest BCUT2D eigenvalue weighted by molar-refractivity contribution is 6.32. The molecule has 0 unspecified atom stereocenters. The zero-order valence-corrected chi connectivity index (χ0v) is 16.7. The van der Waals surface area contributed by atoms with Gasteiger partial charge in [-0.3, -0.25) is 14.6 Å². The molecule has 0 aliphatic rings. The summed E-state index contributed by atoms with van der Waals surface area (Å²) in [5.74, 6) is 0.324. The summed E-state index contributed by atoms with van der Waals surface area (Å²) < 4.78 is 7.03. The Labute approximate surface area is 177 Å². The minimum atomic E-state index is -0.265. The number of carbonyl (C=O) groups excluding carboxylic acids is 1. The molecule has 0 aliphatic heterocycles. The Morgan fingerprint density at radius 1 is 1.33 bits per heavy atom. The Kier molecular flexibility index (Phi) is 5.37. The zero-order valence-electron chi connectivity index (χ0n) is 16.0. The molecule has 0 saturated carbocycles. The lowest BCUT2D eigenvalue weighted by Crippen LogP contribution is -2.36. The Hall–Kier alpha value is -3.83. The standard InChI is InChI=1S/C21H17ClN6O2/c1-13(24-21(29)19-10-18(25-26-19)20-3-2-8-30-20)12-28-7-6-17(27-28)14-4-5-15(11-23)16(22)9-14/h2-10,13H,12H2,1H3,(H,24,29)(H,25,26)/t13-/m0/s1. The molecule has 0 bridgehead atoms. The highest BCUT2D eigenvalue weighted by Gasteiger charge is 2.15. The summed E-state index contributed by atoms with van der Waals surface area (Å²) in [4.78, 5) is 12.5. The van der Waals surface area contributed by atoms with Crippen LogP contribution in [-0.2, 0) is 6.54 Å². The molecule has 4 rings (SSSR count). The summed E-state index contributed by atoms with van der Waals surface area (Å²) in [7, 11) is 0. The molecule has 3 heterocycles. The number of amides is 1. The smallest absolute Gasteiger partial charge is 0.269 e. The van der Waals surface area contributed by atoms with Gasteiger partial charge in [0.15, 0.2) is 5.76 Å². The molecule has 0 radical (unpaired) electrons. The molecule has 150 valence electrons. The van der Waals surface area contributed by atoms with Crippen LogP contribution in [0.15, 0.2) is 59.3 Å². The highest BCUT2D eigenvalue weighted by Crippen LogP contribution is 2.24. The maximum absolute atomic E-state index is 12.5. The predicted molar refractivity (Wildman–Crippen MR) is 111 cm³/mol. The van der Waals surface area contributed by atoms with Crippen LogP contribution in [0.4, 0.5) is 0 Å². The van der Waals surface area contributed by atoms with E-state index in [-0.39, 0.29) is 11.9 Å². The van der Waals surface area contributed by atoms with Crippen LogP contribution in [0.1, 0.15) is 23.0 Å². The Balaban J connectivity index is 1.39. The number of nitriles is 1. The van der Waals surface area contributed by atoms with Gasteiger partial charge >= 0.3 is 0 Å². The molecule has 0 spiro atoms. The Morgan fingerprint density at radius 2 is 2.20 bits per heavy atom. The first kappa shape index (κ1) is 19.5. The van der Waals surface area contributed by atoms with E-state index in [1.54, 1.807) is 47.3 Å². The number of hydrogen-bond donors (Lipinski definition) is 2. The number of halogens is 1. The number of aromatic amines is 1. The lowest BCUT2D eigenvalue weighted by molar-refractivity contribution is 0.0931. The number of nitrogens with one attached hydrogen (secondary N) is 2. The van der Waals surface area contributed by atoms with Gasteiger partial charge in [-0.25, -0.2) is 0 Å². The van der Waals surface area contributed by atoms with Crippen LogP contribution in [0.5, 0.6) is 0 Å². The van der Waals surface area contributed by atoms with E-state index < -0.39 is 0 Å². The molecule has 30 heavy (non-hydrogen) atoms. The molecule has 1 atom stereocenters. The third kappa shape index (κ3) is 4.11. The van der Waals surface area contributed by atoms with E-state index in [9.17, 15) is 4.79 Å². The number of hydrogen-bond acceptors (Lipinski definition) is 5. The van der Waals surface area contributed by atoms with Gasteiger partial charge in [-0.2, -0.15) is 15.5 Å². The van der Waals surface area contributed by atoms with E-state index in [4.69, 9.17) is 21.3 Å². The Morgan fingerprint density at radius 3 is 2.93 bits per heavy atom. The third-order valence-corrected chi connectivity index (χ3v) is 4.77. The summed E-state index contributed by atoms with van der Waals surface area (Å²) in [6.07, 6.45) is 3.38. The largest absolute Gasteiger partial charge is 0.463 e. The molecular formula is C21H17ClN6O2. The fourth-order valence-corrected chi connectivity index (χ4v) is 3.22. The predicted octanol–water partition coefficient (Wildman–Crippen LogP) is 3.88. The van der Waals surface area contributed by atoms with E-state index >= 15 is 0 Å². The topological polar surface area (TPSA) is 113 Å². The zero-order chi connectivity index (χ0) is 21.1. The lowest BCUT2D eigenvalue weighted by atomic mass is 10.1. The second-order valence-corrected chi connectivity index (χ2v) is 7.16. The van der Waals surface area contributed by atoms with Crippen LogP contribution in [0.2, 0.25) is 5.02 Å². The average Bonchev–Trinajstić information content (AvgIpc) is 3.48. The molecule has 0 saturated heterocycles. The normalized spacial score (nSPS) is 11.8. The van der Waals surface area contributed by atoms with Crippen molar-refractivity contribution in [1.82, 2.24) is 25.3 Å². The summed E-state index contributed by atoms with van der Waals surface area (Å²) in [5, 5.41) is 23.6. The number of nitrogens with zero attached hydrogens (tertiary/aromatic N) is 4. The Bertz CT molecular complexity index is 1220. The maximum Gasteiger partial charge on any atom is 0.269 e. The first-order valence-electron chi connectivity index (χ1n) is 9.17. The SMILES string of the molecule is C[C@@H](Cn1ccc(-c2ccc(C#N)c(Cl)c2)n1)NC(=O)c1cc(-c2ccco2)n[nH]1. The van der Waals surface area contributed by atoms with Crippen molar-refractivity contribution in [3.63, 3.8) is 0 Å². The van der Waals surface area contributed by atoms with Gasteiger partial charge in [-0.1, -0.05) is 17.7 Å². The van der Waals surface area contributed by atoms with Crippen molar-refractivity contribution >= 4 is 17.5 Å². The second kappa shape index (κ2) is 8.27. The van der Waals surface area contributed by atoms with Gasteiger partial charge in [0.25, 0.3) is 5.91 Å². The quantitative estimate of drug-likeness (QED) is 0.491. The number of rotatable bonds is 6. The highest BCUT2D eigenvalue weighted by atomic mass is 35.5. The molecule has 0 fully saturated rings. The van der Waals surface area contributed by atoms with Crippen molar-refractivity contribution in [3.8, 4) is 28.8 Å². The second-order valence-electron chi connectivity index (χ2n) is 6.75. The molecule has 1 amide bonds. The van der Waals surface area contributed by atoms with Gasteiger partial charge in [-0.05, 0) is 37.3 Å². The van der Waals surface area contributed by atoms with Crippen molar-refractivity contribution in [2.45, 2.75) is 19.5 Å². The van der Waals surface area contributed by atoms with E-state index in [2.05, 4.69) is 20.6 Å². The van der Waals surface area contributed by atoms with Crippen LogP contribution < -0.4 is 5.32 Å². The maximum atomic E-state index is 12.5. The third-order valence-electron chi connectivity index (χ3n) is 4.46. The van der Waals surface area contributed by atoms with Gasteiger partial charge < -0.3 is 9.73 Å². The van der Waals surface area contributed by atoms with Crippen molar-refractivity contribution in [3.05, 3.63) is 71.2 Å². The lowest BCUT2D eigenvalue weighted by Gasteiger charge is -2.13. The van der Waals surface area contributed by atoms with Gasteiger partial charge in [0.2, 0.25) is 0 Å². The number of furan rings is 1. The molecule has 0 aliphatic carbocycles. The van der Waals surface area contributed by atoms with Gasteiger partial charge in [0.1, 0.15) is 17.5 Å². The summed E-state index contributed by atoms with van der Waals surface area (Å²) in [6, 6.07) is 14.1. The molecule has 9 heteroatoms. The summed E-state index contributed by atoms with van der Waals surface area (Å²) in [6.45, 7) is 2.37. The first-order valence-corrected chi connectivity index (χ1v) is 9.55. The fourth-order valence-electron chi connectivity index (χ4n) is 3.00. The number of benzene rings is 1. The number of aromatic nitrogens is 4. The van der Waals surface area contributed by atoms with Crippen molar-refractivity contribution in [2.24, 2.45) is 0 Å². The van der Waals surface area contributed by atoms with E-state index in [0.29, 0.717) is 34.3 Å². The van der Waals surface area contributed by atoms with Crippen molar-refractivity contribution in [1.29, 1.82) is 5.26 Å². The van der Waals surface area contributed by atoms with E-state index in [1.165, 1.54) is 0 Å². The molecule has 2 N–H and O–H groups in total. The molecule has 3 aromatic heterocycles. The van der Waals surface area contributed by atoms with Crippen LogP contribution >= 0.6 is 11.6 Å². The number of H-pyrrole nitrogens is 1. The van der Waals surface area contributed by atoms with Crippen LogP contribution in [0, 0.1) is 11.3 Å². The fraction of sp³-hybridized carbons (Fsp3) is 0.143. The summed E-state index contributed by atoms with van der Waals surface area (Å²) >= 11 is 6.10. The first-order chi connectivity index (χ1) is 14.5. The minimum Gasteiger partial charge on any atom is -0.463 e. The average molecular weight is 421 g/mol. The molecular weight excluding hydrogens is 404 g/mol. The van der Waals surface area contributed by atoms with Crippen molar-refractivity contribution < 1.29 is 9.21 Å².